The SMILES string of the molecule is Cc1c(C(=O)N(C)Cc2ccn[nH]2)n[nH]c1C(F)(F)F. The zero-order valence-electron chi connectivity index (χ0n) is 10.7. The van der Waals surface area contributed by atoms with Gasteiger partial charge in [-0.15, -0.1) is 0 Å². The molecule has 0 aliphatic heterocycles. The minimum Gasteiger partial charge on any atom is -0.334 e. The van der Waals surface area contributed by atoms with E-state index in [2.05, 4.69) is 15.3 Å². The van der Waals surface area contributed by atoms with Gasteiger partial charge in [0.15, 0.2) is 5.69 Å². The fraction of sp³-hybridized carbons (Fsp3) is 0.364. The molecule has 2 rings (SSSR count). The molecule has 0 aromatic carbocycles. The number of hydrogen-bond donors (Lipinski definition) is 2. The number of rotatable bonds is 3. The number of H-pyrrole nitrogens is 2. The summed E-state index contributed by atoms with van der Waals surface area (Å²) in [5.41, 5.74) is -0.779. The van der Waals surface area contributed by atoms with Crippen molar-refractivity contribution in [2.75, 3.05) is 7.05 Å². The second-order valence-electron chi connectivity index (χ2n) is 4.31. The number of carbonyl (C=O) groups is 1. The molecule has 0 unspecified atom stereocenters. The lowest BCUT2D eigenvalue weighted by atomic mass is 10.2. The Labute approximate surface area is 112 Å². The Morgan fingerprint density at radius 3 is 2.60 bits per heavy atom. The van der Waals surface area contributed by atoms with E-state index in [1.165, 1.54) is 25.1 Å². The maximum Gasteiger partial charge on any atom is 0.433 e. The molecule has 9 heteroatoms. The number of aromatic nitrogens is 4. The molecule has 2 N–H and O–H groups in total. The van der Waals surface area contributed by atoms with E-state index in [1.807, 2.05) is 5.10 Å². The van der Waals surface area contributed by atoms with E-state index >= 15 is 0 Å². The Morgan fingerprint density at radius 2 is 2.10 bits per heavy atom. The zero-order valence-corrected chi connectivity index (χ0v) is 10.7. The number of aromatic amines is 2. The van der Waals surface area contributed by atoms with Crippen molar-refractivity contribution in [2.24, 2.45) is 0 Å². The van der Waals surface area contributed by atoms with Gasteiger partial charge in [-0.25, -0.2) is 0 Å². The molecule has 0 saturated heterocycles. The number of alkyl halides is 3. The van der Waals surface area contributed by atoms with Crippen molar-refractivity contribution in [1.82, 2.24) is 25.3 Å². The van der Waals surface area contributed by atoms with Crippen LogP contribution in [0.15, 0.2) is 12.3 Å². The Kier molecular flexibility index (Phi) is 3.51. The largest absolute Gasteiger partial charge is 0.433 e. The maximum atomic E-state index is 12.6. The van der Waals surface area contributed by atoms with Gasteiger partial charge in [-0.05, 0) is 13.0 Å². The minimum absolute atomic E-state index is 0.201. The van der Waals surface area contributed by atoms with Crippen LogP contribution in [0.3, 0.4) is 0 Å². The van der Waals surface area contributed by atoms with Crippen molar-refractivity contribution in [3.05, 3.63) is 34.9 Å². The van der Waals surface area contributed by atoms with Crippen LogP contribution in [0.25, 0.3) is 0 Å². The number of hydrogen-bond acceptors (Lipinski definition) is 3. The summed E-state index contributed by atoms with van der Waals surface area (Å²) in [4.78, 5) is 13.3. The number of halogens is 3. The molecule has 0 bridgehead atoms. The first-order chi connectivity index (χ1) is 9.30. The van der Waals surface area contributed by atoms with E-state index in [0.29, 0.717) is 5.69 Å². The lowest BCUT2D eigenvalue weighted by Gasteiger charge is -2.15. The van der Waals surface area contributed by atoms with Gasteiger partial charge in [-0.1, -0.05) is 0 Å². The van der Waals surface area contributed by atoms with Gasteiger partial charge in [0.05, 0.1) is 12.2 Å². The molecular formula is C11H12F3N5O. The maximum absolute atomic E-state index is 12.6. The molecule has 1 amide bonds. The van der Waals surface area contributed by atoms with Gasteiger partial charge in [-0.3, -0.25) is 15.0 Å². The topological polar surface area (TPSA) is 77.7 Å². The standard InChI is InChI=1S/C11H12F3N5O/c1-6-8(17-18-9(6)11(12,13)14)10(20)19(2)5-7-3-4-15-16-7/h3-4H,5H2,1-2H3,(H,15,16)(H,17,18). The highest BCUT2D eigenvalue weighted by atomic mass is 19.4. The van der Waals surface area contributed by atoms with E-state index in [-0.39, 0.29) is 17.8 Å². The van der Waals surface area contributed by atoms with Crippen LogP contribution in [0.1, 0.15) is 27.4 Å². The van der Waals surface area contributed by atoms with Gasteiger partial charge < -0.3 is 4.90 Å². The third-order valence-corrected chi connectivity index (χ3v) is 2.81. The highest BCUT2D eigenvalue weighted by Crippen LogP contribution is 2.31. The van der Waals surface area contributed by atoms with Crippen LogP contribution in [0, 0.1) is 6.92 Å². The van der Waals surface area contributed by atoms with Crippen LogP contribution in [-0.4, -0.2) is 38.2 Å². The Balaban J connectivity index is 2.19. The third kappa shape index (κ3) is 2.65. The zero-order chi connectivity index (χ0) is 14.9. The second kappa shape index (κ2) is 4.99. The first kappa shape index (κ1) is 14.1. The summed E-state index contributed by atoms with van der Waals surface area (Å²) in [7, 11) is 1.48. The molecule has 0 aliphatic carbocycles. The molecule has 0 fully saturated rings. The smallest absolute Gasteiger partial charge is 0.334 e. The molecule has 20 heavy (non-hydrogen) atoms. The normalized spacial score (nSPS) is 11.7. The van der Waals surface area contributed by atoms with E-state index in [0.717, 1.165) is 0 Å². The average molecular weight is 287 g/mol. The number of nitrogens with one attached hydrogen (secondary N) is 2. The summed E-state index contributed by atoms with van der Waals surface area (Å²) in [6.07, 6.45) is -3.03. The van der Waals surface area contributed by atoms with E-state index in [4.69, 9.17) is 0 Å². The monoisotopic (exact) mass is 287 g/mol. The van der Waals surface area contributed by atoms with Crippen LogP contribution in [-0.2, 0) is 12.7 Å². The molecule has 2 aromatic heterocycles. The Bertz CT molecular complexity index is 602. The molecule has 0 radical (unpaired) electrons. The van der Waals surface area contributed by atoms with Crippen molar-refractivity contribution in [2.45, 2.75) is 19.6 Å². The van der Waals surface area contributed by atoms with E-state index in [1.54, 1.807) is 6.07 Å². The Morgan fingerprint density at radius 1 is 1.40 bits per heavy atom. The van der Waals surface area contributed by atoms with E-state index < -0.39 is 17.8 Å². The second-order valence-corrected chi connectivity index (χ2v) is 4.31. The summed E-state index contributed by atoms with van der Waals surface area (Å²) in [5, 5.41) is 11.7. The first-order valence-corrected chi connectivity index (χ1v) is 5.66. The fourth-order valence-electron chi connectivity index (χ4n) is 1.76. The van der Waals surface area contributed by atoms with Gasteiger partial charge in [0.2, 0.25) is 0 Å². The van der Waals surface area contributed by atoms with Gasteiger partial charge in [0.25, 0.3) is 5.91 Å². The highest BCUT2D eigenvalue weighted by Gasteiger charge is 2.37. The van der Waals surface area contributed by atoms with Gasteiger partial charge in [0, 0.05) is 18.8 Å². The molecule has 2 aromatic rings. The van der Waals surface area contributed by atoms with Crippen LogP contribution >= 0.6 is 0 Å². The fourth-order valence-corrected chi connectivity index (χ4v) is 1.76. The summed E-state index contributed by atoms with van der Waals surface area (Å²) in [6, 6.07) is 1.67. The van der Waals surface area contributed by atoms with Crippen LogP contribution in [0.2, 0.25) is 0 Å². The molecule has 0 spiro atoms. The van der Waals surface area contributed by atoms with Crippen molar-refractivity contribution in [3.63, 3.8) is 0 Å². The lowest BCUT2D eigenvalue weighted by Crippen LogP contribution is -2.27. The van der Waals surface area contributed by atoms with Gasteiger partial charge in [-0.2, -0.15) is 23.4 Å². The average Bonchev–Trinajstić information content (AvgIpc) is 2.96. The van der Waals surface area contributed by atoms with Crippen LogP contribution in [0.4, 0.5) is 13.2 Å². The number of carbonyl (C=O) groups excluding carboxylic acids is 1. The molecule has 0 saturated carbocycles. The minimum atomic E-state index is -4.56. The van der Waals surface area contributed by atoms with Crippen molar-refractivity contribution < 1.29 is 18.0 Å². The molecule has 0 atom stereocenters. The molecule has 2 heterocycles. The summed E-state index contributed by atoms with van der Waals surface area (Å²) < 4.78 is 37.9. The molecular weight excluding hydrogens is 275 g/mol. The highest BCUT2D eigenvalue weighted by molar-refractivity contribution is 5.93. The van der Waals surface area contributed by atoms with Crippen molar-refractivity contribution in [1.29, 1.82) is 0 Å². The van der Waals surface area contributed by atoms with Gasteiger partial charge >= 0.3 is 6.18 Å². The predicted molar refractivity (Wildman–Crippen MR) is 62.7 cm³/mol. The first-order valence-electron chi connectivity index (χ1n) is 5.66. The van der Waals surface area contributed by atoms with Crippen molar-refractivity contribution >= 4 is 5.91 Å². The lowest BCUT2D eigenvalue weighted by molar-refractivity contribution is -0.141. The summed E-state index contributed by atoms with van der Waals surface area (Å²) in [5.74, 6) is -0.594. The summed E-state index contributed by atoms with van der Waals surface area (Å²) in [6.45, 7) is 1.41. The quantitative estimate of drug-likeness (QED) is 0.902. The third-order valence-electron chi connectivity index (χ3n) is 2.81. The Hall–Kier alpha value is -2.32. The number of nitrogens with zero attached hydrogens (tertiary/aromatic N) is 3. The predicted octanol–water partition coefficient (Wildman–Crippen LogP) is 1.73. The van der Waals surface area contributed by atoms with Gasteiger partial charge in [0.1, 0.15) is 5.69 Å². The molecule has 108 valence electrons. The van der Waals surface area contributed by atoms with Crippen LogP contribution in [0.5, 0.6) is 0 Å². The summed E-state index contributed by atoms with van der Waals surface area (Å²) >= 11 is 0. The van der Waals surface area contributed by atoms with Crippen LogP contribution < -0.4 is 0 Å². The van der Waals surface area contributed by atoms with Crippen molar-refractivity contribution in [3.8, 4) is 0 Å². The number of amides is 1. The molecule has 6 nitrogen and oxygen atoms in total. The molecule has 0 aliphatic rings. The van der Waals surface area contributed by atoms with E-state index in [9.17, 15) is 18.0 Å².